The number of carbonyl (C=O) groups excluding carboxylic acids is 1. The standard InChI is InChI=1S/C18H20ClN3O3/c19-14-6-2-4-8-16(14)25-12-17(23)20-9-10-22-18(24)11-13-5-1-3-7-15(13)21-22/h2,4,6,8,11H,1,3,5,7,9-10,12H2,(H,20,23). The van der Waals surface area contributed by atoms with Gasteiger partial charge in [-0.25, -0.2) is 4.68 Å². The van der Waals surface area contributed by atoms with Crippen LogP contribution >= 0.6 is 11.6 Å². The number of hydrogen-bond acceptors (Lipinski definition) is 4. The van der Waals surface area contributed by atoms with E-state index in [0.29, 0.717) is 23.9 Å². The van der Waals surface area contributed by atoms with Gasteiger partial charge in [0.1, 0.15) is 5.75 Å². The number of aryl methyl sites for hydroxylation is 2. The van der Waals surface area contributed by atoms with Gasteiger partial charge in [0.2, 0.25) is 0 Å². The summed E-state index contributed by atoms with van der Waals surface area (Å²) in [4.78, 5) is 23.9. The minimum Gasteiger partial charge on any atom is -0.482 e. The summed E-state index contributed by atoms with van der Waals surface area (Å²) >= 11 is 5.96. The number of nitrogens with zero attached hydrogens (tertiary/aromatic N) is 2. The second kappa shape index (κ2) is 8.16. The molecule has 0 radical (unpaired) electrons. The Labute approximate surface area is 150 Å². The molecule has 0 atom stereocenters. The van der Waals surface area contributed by atoms with Crippen LogP contribution in [0.15, 0.2) is 35.1 Å². The number of nitrogens with one attached hydrogen (secondary N) is 1. The zero-order valence-corrected chi connectivity index (χ0v) is 14.6. The maximum Gasteiger partial charge on any atom is 0.267 e. The first-order chi connectivity index (χ1) is 12.1. The zero-order chi connectivity index (χ0) is 17.6. The highest BCUT2D eigenvalue weighted by Gasteiger charge is 2.13. The highest BCUT2D eigenvalue weighted by molar-refractivity contribution is 6.32. The molecule has 132 valence electrons. The fourth-order valence-electron chi connectivity index (χ4n) is 2.82. The molecule has 3 rings (SSSR count). The number of para-hydroxylation sites is 1. The van der Waals surface area contributed by atoms with Gasteiger partial charge < -0.3 is 10.1 Å². The van der Waals surface area contributed by atoms with Gasteiger partial charge in [-0.2, -0.15) is 5.10 Å². The lowest BCUT2D eigenvalue weighted by Gasteiger charge is -2.16. The molecule has 1 N–H and O–H groups in total. The zero-order valence-electron chi connectivity index (χ0n) is 13.8. The van der Waals surface area contributed by atoms with Crippen LogP contribution in [0.5, 0.6) is 5.75 Å². The minimum atomic E-state index is -0.272. The molecule has 1 amide bonds. The largest absolute Gasteiger partial charge is 0.482 e. The smallest absolute Gasteiger partial charge is 0.267 e. The van der Waals surface area contributed by atoms with Crippen molar-refractivity contribution in [1.29, 1.82) is 0 Å². The first-order valence-electron chi connectivity index (χ1n) is 8.37. The number of ether oxygens (including phenoxy) is 1. The fourth-order valence-corrected chi connectivity index (χ4v) is 3.01. The van der Waals surface area contributed by atoms with Crippen LogP contribution in [-0.4, -0.2) is 28.8 Å². The van der Waals surface area contributed by atoms with Crippen LogP contribution in [0.2, 0.25) is 5.02 Å². The monoisotopic (exact) mass is 361 g/mol. The summed E-state index contributed by atoms with van der Waals surface area (Å²) in [5, 5.41) is 7.60. The summed E-state index contributed by atoms with van der Waals surface area (Å²) in [7, 11) is 0. The van der Waals surface area contributed by atoms with E-state index in [2.05, 4.69) is 10.4 Å². The molecule has 0 spiro atoms. The van der Waals surface area contributed by atoms with Gasteiger partial charge in [-0.3, -0.25) is 9.59 Å². The van der Waals surface area contributed by atoms with Gasteiger partial charge in [-0.1, -0.05) is 23.7 Å². The predicted molar refractivity (Wildman–Crippen MR) is 95.1 cm³/mol. The van der Waals surface area contributed by atoms with Gasteiger partial charge in [-0.15, -0.1) is 0 Å². The Balaban J connectivity index is 1.49. The average Bonchev–Trinajstić information content (AvgIpc) is 2.61. The van der Waals surface area contributed by atoms with Crippen molar-refractivity contribution in [3.8, 4) is 5.75 Å². The Bertz CT molecular complexity index is 819. The van der Waals surface area contributed by atoms with Crippen molar-refractivity contribution in [2.75, 3.05) is 13.2 Å². The fraction of sp³-hybridized carbons (Fsp3) is 0.389. The molecule has 7 heteroatoms. The molecule has 0 unspecified atom stereocenters. The number of carbonyl (C=O) groups is 1. The van der Waals surface area contributed by atoms with Crippen molar-refractivity contribution in [1.82, 2.24) is 15.1 Å². The Kier molecular flexibility index (Phi) is 5.71. The predicted octanol–water partition coefficient (Wildman–Crippen LogP) is 1.97. The van der Waals surface area contributed by atoms with Gasteiger partial charge in [0.25, 0.3) is 11.5 Å². The van der Waals surface area contributed by atoms with E-state index in [1.165, 1.54) is 4.68 Å². The average molecular weight is 362 g/mol. The molecule has 1 aromatic heterocycles. The summed E-state index contributed by atoms with van der Waals surface area (Å²) < 4.78 is 6.79. The second-order valence-electron chi connectivity index (χ2n) is 5.95. The first-order valence-corrected chi connectivity index (χ1v) is 8.75. The number of halogens is 1. The molecule has 1 aliphatic rings. The van der Waals surface area contributed by atoms with Crippen LogP contribution in [-0.2, 0) is 24.2 Å². The third-order valence-corrected chi connectivity index (χ3v) is 4.43. The molecule has 0 saturated carbocycles. The van der Waals surface area contributed by atoms with E-state index in [9.17, 15) is 9.59 Å². The molecule has 1 heterocycles. The number of aromatic nitrogens is 2. The van der Waals surface area contributed by atoms with Crippen molar-refractivity contribution in [3.63, 3.8) is 0 Å². The van der Waals surface area contributed by atoms with Crippen LogP contribution in [0, 0.1) is 0 Å². The van der Waals surface area contributed by atoms with Gasteiger partial charge in [0.15, 0.2) is 6.61 Å². The van der Waals surface area contributed by atoms with E-state index in [-0.39, 0.29) is 18.1 Å². The summed E-state index contributed by atoms with van der Waals surface area (Å²) in [6.07, 6.45) is 4.05. The normalized spacial score (nSPS) is 13.2. The summed E-state index contributed by atoms with van der Waals surface area (Å²) in [5.41, 5.74) is 1.94. The minimum absolute atomic E-state index is 0.123. The molecule has 0 fully saturated rings. The molecule has 0 bridgehead atoms. The number of fused-ring (bicyclic) bond motifs is 1. The van der Waals surface area contributed by atoms with Crippen LogP contribution < -0.4 is 15.6 Å². The third kappa shape index (κ3) is 4.60. The molecular weight excluding hydrogens is 342 g/mol. The van der Waals surface area contributed by atoms with E-state index in [0.717, 1.165) is 36.9 Å². The summed E-state index contributed by atoms with van der Waals surface area (Å²) in [6, 6.07) is 8.64. The van der Waals surface area contributed by atoms with Crippen molar-refractivity contribution in [2.45, 2.75) is 32.2 Å². The highest BCUT2D eigenvalue weighted by Crippen LogP contribution is 2.22. The first kappa shape index (κ1) is 17.5. The lowest BCUT2D eigenvalue weighted by Crippen LogP contribution is -2.35. The van der Waals surface area contributed by atoms with Crippen molar-refractivity contribution >= 4 is 17.5 Å². The summed E-state index contributed by atoms with van der Waals surface area (Å²) in [6.45, 7) is 0.524. The van der Waals surface area contributed by atoms with Gasteiger partial charge in [0, 0.05) is 12.6 Å². The maximum atomic E-state index is 12.1. The van der Waals surface area contributed by atoms with E-state index in [1.54, 1.807) is 30.3 Å². The molecule has 1 aromatic carbocycles. The van der Waals surface area contributed by atoms with Crippen LogP contribution in [0.4, 0.5) is 0 Å². The van der Waals surface area contributed by atoms with Crippen molar-refractivity contribution < 1.29 is 9.53 Å². The van der Waals surface area contributed by atoms with E-state index in [4.69, 9.17) is 16.3 Å². The van der Waals surface area contributed by atoms with Crippen molar-refractivity contribution in [2.24, 2.45) is 0 Å². The lowest BCUT2D eigenvalue weighted by molar-refractivity contribution is -0.123. The van der Waals surface area contributed by atoms with Crippen LogP contribution in [0.3, 0.4) is 0 Å². The van der Waals surface area contributed by atoms with E-state index in [1.807, 2.05) is 0 Å². The van der Waals surface area contributed by atoms with E-state index >= 15 is 0 Å². The Morgan fingerprint density at radius 1 is 1.28 bits per heavy atom. The Morgan fingerprint density at radius 2 is 2.08 bits per heavy atom. The van der Waals surface area contributed by atoms with Crippen LogP contribution in [0.1, 0.15) is 24.1 Å². The van der Waals surface area contributed by atoms with Crippen molar-refractivity contribution in [3.05, 3.63) is 57.0 Å². The maximum absolute atomic E-state index is 12.1. The van der Waals surface area contributed by atoms with Gasteiger partial charge >= 0.3 is 0 Å². The topological polar surface area (TPSA) is 73.2 Å². The molecule has 2 aromatic rings. The SMILES string of the molecule is O=C(COc1ccccc1Cl)NCCn1nc2c(cc1=O)CCCC2. The second-order valence-corrected chi connectivity index (χ2v) is 6.36. The molecular formula is C18H20ClN3O3. The molecule has 6 nitrogen and oxygen atoms in total. The molecule has 0 saturated heterocycles. The van der Waals surface area contributed by atoms with E-state index < -0.39 is 0 Å². The van der Waals surface area contributed by atoms with Gasteiger partial charge in [0.05, 0.1) is 17.3 Å². The molecule has 25 heavy (non-hydrogen) atoms. The third-order valence-electron chi connectivity index (χ3n) is 4.12. The lowest BCUT2D eigenvalue weighted by atomic mass is 9.97. The number of rotatable bonds is 6. The Hall–Kier alpha value is -2.34. The molecule has 0 aliphatic heterocycles. The Morgan fingerprint density at radius 3 is 2.92 bits per heavy atom. The van der Waals surface area contributed by atoms with Gasteiger partial charge in [-0.05, 0) is 43.4 Å². The number of benzene rings is 1. The summed E-state index contributed by atoms with van der Waals surface area (Å²) in [5.74, 6) is 0.192. The van der Waals surface area contributed by atoms with Crippen LogP contribution in [0.25, 0.3) is 0 Å². The quantitative estimate of drug-likeness (QED) is 0.853. The number of amides is 1. The number of hydrogen-bond donors (Lipinski definition) is 1. The highest BCUT2D eigenvalue weighted by atomic mass is 35.5. The molecule has 1 aliphatic carbocycles.